The van der Waals surface area contributed by atoms with Crippen molar-refractivity contribution in [3.63, 3.8) is 0 Å². The number of nitrogens with one attached hydrogen (secondary N) is 1. The van der Waals surface area contributed by atoms with Crippen molar-refractivity contribution in [3.05, 3.63) is 108 Å². The van der Waals surface area contributed by atoms with Gasteiger partial charge in [-0.2, -0.15) is 0 Å². The van der Waals surface area contributed by atoms with Gasteiger partial charge in [-0.1, -0.05) is 24.3 Å². The van der Waals surface area contributed by atoms with Gasteiger partial charge in [0.05, 0.1) is 29.5 Å². The fourth-order valence-corrected chi connectivity index (χ4v) is 4.33. The van der Waals surface area contributed by atoms with Crippen LogP contribution in [-0.4, -0.2) is 31.1 Å². The molecule has 3 aromatic heterocycles. The molecule has 1 aliphatic rings. The first-order chi connectivity index (χ1) is 16.1. The molecule has 0 amide bonds. The van der Waals surface area contributed by atoms with Crippen molar-refractivity contribution >= 4 is 23.3 Å². The maximum atomic E-state index is 11.4. The van der Waals surface area contributed by atoms with Gasteiger partial charge >= 0.3 is 5.97 Å². The summed E-state index contributed by atoms with van der Waals surface area (Å²) in [6.07, 6.45) is 3.51. The minimum atomic E-state index is -0.981. The number of hydrogen-bond acceptors (Lipinski definition) is 5. The van der Waals surface area contributed by atoms with Gasteiger partial charge in [0, 0.05) is 18.0 Å². The summed E-state index contributed by atoms with van der Waals surface area (Å²) in [6, 6.07) is 21.5. The van der Waals surface area contributed by atoms with Gasteiger partial charge in [-0.3, -0.25) is 9.97 Å². The first-order valence-electron chi connectivity index (χ1n) is 10.4. The fraction of sp³-hybridized carbons (Fsp3) is 0.120. The highest BCUT2D eigenvalue weighted by molar-refractivity contribution is 7.80. The van der Waals surface area contributed by atoms with E-state index in [0.717, 1.165) is 11.4 Å². The molecule has 1 saturated heterocycles. The van der Waals surface area contributed by atoms with Crippen molar-refractivity contribution in [1.29, 1.82) is 0 Å². The molecule has 4 aromatic rings. The number of rotatable bonds is 6. The van der Waals surface area contributed by atoms with Crippen LogP contribution in [0.1, 0.15) is 39.6 Å². The number of carboxylic acid groups (broad SMARTS) is 1. The normalized spacial score (nSPS) is 17.7. The largest absolute Gasteiger partial charge is 0.478 e. The molecule has 0 bridgehead atoms. The van der Waals surface area contributed by atoms with E-state index in [0.29, 0.717) is 28.7 Å². The van der Waals surface area contributed by atoms with Gasteiger partial charge in [0.15, 0.2) is 5.11 Å². The Labute approximate surface area is 195 Å². The summed E-state index contributed by atoms with van der Waals surface area (Å²) in [5.74, 6) is 0.305. The van der Waals surface area contributed by atoms with Crippen LogP contribution in [0.15, 0.2) is 89.6 Å². The van der Waals surface area contributed by atoms with Crippen molar-refractivity contribution in [2.45, 2.75) is 18.6 Å². The maximum absolute atomic E-state index is 11.4. The third kappa shape index (κ3) is 4.20. The molecule has 0 saturated carbocycles. The van der Waals surface area contributed by atoms with Crippen molar-refractivity contribution in [1.82, 2.24) is 20.2 Å². The van der Waals surface area contributed by atoms with Crippen LogP contribution in [0, 0.1) is 0 Å². The predicted molar refractivity (Wildman–Crippen MR) is 126 cm³/mol. The molecule has 0 spiro atoms. The van der Waals surface area contributed by atoms with E-state index in [1.165, 1.54) is 0 Å². The van der Waals surface area contributed by atoms with E-state index in [-0.39, 0.29) is 17.6 Å². The molecular formula is C25H20N4O3S. The van der Waals surface area contributed by atoms with E-state index in [1.54, 1.807) is 30.6 Å². The number of carboxylic acids is 1. The number of carbonyl (C=O) groups is 1. The maximum Gasteiger partial charge on any atom is 0.335 e. The molecule has 0 unspecified atom stereocenters. The van der Waals surface area contributed by atoms with Gasteiger partial charge in [0.2, 0.25) is 0 Å². The lowest BCUT2D eigenvalue weighted by Gasteiger charge is -2.25. The molecule has 5 rings (SSSR count). The number of thiocarbonyl (C=S) groups is 1. The summed E-state index contributed by atoms with van der Waals surface area (Å²) in [5, 5.41) is 13.3. The van der Waals surface area contributed by atoms with Crippen LogP contribution in [0.25, 0.3) is 11.3 Å². The van der Waals surface area contributed by atoms with E-state index in [9.17, 15) is 9.90 Å². The third-order valence-corrected chi connectivity index (χ3v) is 5.92. The Bertz CT molecular complexity index is 1290. The van der Waals surface area contributed by atoms with Crippen molar-refractivity contribution in [2.75, 3.05) is 0 Å². The Kier molecular flexibility index (Phi) is 5.58. The van der Waals surface area contributed by atoms with Crippen molar-refractivity contribution < 1.29 is 14.3 Å². The van der Waals surface area contributed by atoms with E-state index in [4.69, 9.17) is 16.6 Å². The first-order valence-corrected chi connectivity index (χ1v) is 10.8. The lowest BCUT2D eigenvalue weighted by molar-refractivity contribution is 0.0697. The number of nitrogens with zero attached hydrogens (tertiary/aromatic N) is 3. The fourth-order valence-electron chi connectivity index (χ4n) is 4.02. The van der Waals surface area contributed by atoms with Gasteiger partial charge in [0.1, 0.15) is 17.6 Å². The number of hydrogen-bond donors (Lipinski definition) is 2. The molecule has 1 fully saturated rings. The molecular weight excluding hydrogens is 436 g/mol. The summed E-state index contributed by atoms with van der Waals surface area (Å²) in [6.45, 7) is 0.505. The lowest BCUT2D eigenvalue weighted by Crippen LogP contribution is -2.29. The van der Waals surface area contributed by atoms with Gasteiger partial charge in [0.25, 0.3) is 0 Å². The topological polar surface area (TPSA) is 91.5 Å². The van der Waals surface area contributed by atoms with Crippen LogP contribution >= 0.6 is 12.2 Å². The average molecular weight is 457 g/mol. The van der Waals surface area contributed by atoms with Crippen LogP contribution in [0.4, 0.5) is 0 Å². The highest BCUT2D eigenvalue weighted by Gasteiger charge is 2.41. The van der Waals surface area contributed by atoms with Gasteiger partial charge in [-0.15, -0.1) is 0 Å². The second-order valence-electron chi connectivity index (χ2n) is 7.66. The summed E-state index contributed by atoms with van der Waals surface area (Å²) < 4.78 is 6.27. The van der Waals surface area contributed by atoms with Crippen molar-refractivity contribution in [3.8, 4) is 11.3 Å². The summed E-state index contributed by atoms with van der Waals surface area (Å²) in [4.78, 5) is 22.4. The summed E-state index contributed by atoms with van der Waals surface area (Å²) in [5.41, 5.74) is 2.63. The molecule has 164 valence electrons. The zero-order chi connectivity index (χ0) is 22.8. The minimum absolute atomic E-state index is 0.206. The Hall–Kier alpha value is -4.04. The van der Waals surface area contributed by atoms with E-state index < -0.39 is 5.97 Å². The first kappa shape index (κ1) is 20.8. The molecule has 1 aromatic carbocycles. The van der Waals surface area contributed by atoms with Crippen molar-refractivity contribution in [2.24, 2.45) is 0 Å². The summed E-state index contributed by atoms with van der Waals surface area (Å²) in [7, 11) is 0. The highest BCUT2D eigenvalue weighted by atomic mass is 32.1. The molecule has 2 N–H and O–H groups in total. The van der Waals surface area contributed by atoms with Gasteiger partial charge < -0.3 is 19.7 Å². The monoisotopic (exact) mass is 456 g/mol. The Balaban J connectivity index is 1.53. The molecule has 4 heterocycles. The Morgan fingerprint density at radius 1 is 1.03 bits per heavy atom. The second-order valence-corrected chi connectivity index (χ2v) is 8.05. The number of furan rings is 1. The van der Waals surface area contributed by atoms with E-state index in [1.807, 2.05) is 59.5 Å². The molecule has 8 heteroatoms. The van der Waals surface area contributed by atoms with Gasteiger partial charge in [-0.25, -0.2) is 4.79 Å². The standard InChI is InChI=1S/C25H20N4O3S/c30-24(31)17-7-5-6-16(14-17)20-10-11-21(32-20)23-22(19-9-2-4-13-27-19)28-25(33)29(23)15-18-8-1-3-12-26-18/h1-14,22-23H,15H2,(H,28,33)(H,30,31)/t22-,23+/m1/s1. The van der Waals surface area contributed by atoms with E-state index in [2.05, 4.69) is 15.3 Å². The molecule has 2 atom stereocenters. The average Bonchev–Trinajstić information content (AvgIpc) is 3.45. The van der Waals surface area contributed by atoms with Crippen LogP contribution < -0.4 is 5.32 Å². The predicted octanol–water partition coefficient (Wildman–Crippen LogP) is 4.61. The number of aromatic carboxylic acids is 1. The highest BCUT2D eigenvalue weighted by Crippen LogP contribution is 2.41. The molecule has 7 nitrogen and oxygen atoms in total. The number of benzene rings is 1. The van der Waals surface area contributed by atoms with Gasteiger partial charge in [-0.05, 0) is 60.7 Å². The quantitative estimate of drug-likeness (QED) is 0.407. The molecule has 1 aliphatic heterocycles. The molecule has 0 radical (unpaired) electrons. The molecule has 33 heavy (non-hydrogen) atoms. The zero-order valence-corrected chi connectivity index (χ0v) is 18.3. The summed E-state index contributed by atoms with van der Waals surface area (Å²) >= 11 is 5.69. The second kappa shape index (κ2) is 8.84. The SMILES string of the molecule is O=C(O)c1cccc(-c2ccc([C@H]3[C@@H](c4ccccn4)NC(=S)N3Cc3ccccn3)o2)c1. The van der Waals surface area contributed by atoms with Crippen LogP contribution in [-0.2, 0) is 6.54 Å². The number of pyridine rings is 2. The molecule has 0 aliphatic carbocycles. The van der Waals surface area contributed by atoms with E-state index >= 15 is 0 Å². The Morgan fingerprint density at radius 3 is 2.58 bits per heavy atom. The zero-order valence-electron chi connectivity index (χ0n) is 17.5. The smallest absolute Gasteiger partial charge is 0.335 e. The Morgan fingerprint density at radius 2 is 1.85 bits per heavy atom. The minimum Gasteiger partial charge on any atom is -0.478 e. The lowest BCUT2D eigenvalue weighted by atomic mass is 10.0. The third-order valence-electron chi connectivity index (χ3n) is 5.57. The van der Waals surface area contributed by atoms with Crippen LogP contribution in [0.2, 0.25) is 0 Å². The number of aromatic nitrogens is 2. The van der Waals surface area contributed by atoms with Crippen LogP contribution in [0.3, 0.4) is 0 Å². The van der Waals surface area contributed by atoms with Crippen LogP contribution in [0.5, 0.6) is 0 Å².